The third-order valence-corrected chi connectivity index (χ3v) is 7.54. The molecule has 4 aromatic rings. The molecule has 41 heavy (non-hydrogen) atoms. The van der Waals surface area contributed by atoms with Crippen LogP contribution in [0.15, 0.2) is 54.7 Å². The van der Waals surface area contributed by atoms with Crippen LogP contribution in [0.3, 0.4) is 0 Å². The van der Waals surface area contributed by atoms with E-state index in [0.29, 0.717) is 34.5 Å². The van der Waals surface area contributed by atoms with E-state index in [2.05, 4.69) is 10.1 Å². The summed E-state index contributed by atoms with van der Waals surface area (Å²) in [7, 11) is 1.49. The number of rotatable bonds is 6. The Hall–Kier alpha value is -4.03. The second-order valence-corrected chi connectivity index (χ2v) is 10.0. The first-order chi connectivity index (χ1) is 19.5. The summed E-state index contributed by atoms with van der Waals surface area (Å²) in [4.78, 5) is 21.7. The van der Waals surface area contributed by atoms with Gasteiger partial charge in [-0.15, -0.1) is 0 Å². The van der Waals surface area contributed by atoms with E-state index in [1.807, 2.05) is 4.90 Å². The molecule has 0 radical (unpaired) electrons. The Balaban J connectivity index is 1.49. The van der Waals surface area contributed by atoms with Crippen LogP contribution >= 0.6 is 0 Å². The highest BCUT2D eigenvalue weighted by molar-refractivity contribution is 6.00. The molecule has 0 aliphatic carbocycles. The zero-order valence-electron chi connectivity index (χ0n) is 22.7. The molecule has 2 aromatic carbocycles. The van der Waals surface area contributed by atoms with Gasteiger partial charge in [0.1, 0.15) is 17.1 Å². The molecular formula is C29H29F4N5O3. The van der Waals surface area contributed by atoms with Gasteiger partial charge in [-0.3, -0.25) is 9.69 Å². The highest BCUT2D eigenvalue weighted by Crippen LogP contribution is 2.37. The van der Waals surface area contributed by atoms with Gasteiger partial charge in [-0.05, 0) is 44.2 Å². The van der Waals surface area contributed by atoms with E-state index in [1.54, 1.807) is 54.3 Å². The summed E-state index contributed by atoms with van der Waals surface area (Å²) >= 11 is 0. The summed E-state index contributed by atoms with van der Waals surface area (Å²) in [6.07, 6.45) is -3.64. The fourth-order valence-electron chi connectivity index (χ4n) is 5.47. The summed E-state index contributed by atoms with van der Waals surface area (Å²) in [5.74, 6) is -0.405. The second kappa shape index (κ2) is 11.1. The Bertz CT molecular complexity index is 1570. The molecule has 12 heteroatoms. The number of fused-ring (bicyclic) bond motifs is 1. The fraction of sp³-hybridized carbons (Fsp3) is 0.345. The van der Waals surface area contributed by atoms with Gasteiger partial charge in [-0.1, -0.05) is 18.2 Å². The number of methoxy groups -OCH3 is 1. The van der Waals surface area contributed by atoms with E-state index in [9.17, 15) is 27.5 Å². The smallest absolute Gasteiger partial charge is 0.433 e. The maximum Gasteiger partial charge on any atom is 0.433 e. The molecule has 0 bridgehead atoms. The highest BCUT2D eigenvalue weighted by Gasteiger charge is 2.40. The predicted octanol–water partition coefficient (Wildman–Crippen LogP) is 4.75. The van der Waals surface area contributed by atoms with Gasteiger partial charge in [0.25, 0.3) is 5.91 Å². The number of piperazine rings is 1. The van der Waals surface area contributed by atoms with Crippen molar-refractivity contribution in [3.63, 3.8) is 0 Å². The van der Waals surface area contributed by atoms with Crippen molar-refractivity contribution < 1.29 is 32.2 Å². The standard InChI is InChI=1S/C29H29F4N5O3/c1-17-15-36(24(16-39)21-6-4-5-7-23(21)30)12-13-37(17)28(40)22-14-34-38-26(29(31,32)33)18(2)25(35-27(22)38)19-8-10-20(41-3)11-9-19/h4-11,14,17,24,39H,12-13,15-16H2,1-3H3/t17-,24+/m1/s1. The Labute approximate surface area is 233 Å². The molecule has 1 fully saturated rings. The van der Waals surface area contributed by atoms with Crippen LogP contribution in [0.25, 0.3) is 16.9 Å². The van der Waals surface area contributed by atoms with E-state index < -0.39 is 29.6 Å². The minimum Gasteiger partial charge on any atom is -0.497 e. The largest absolute Gasteiger partial charge is 0.497 e. The first-order valence-electron chi connectivity index (χ1n) is 13.0. The Morgan fingerprint density at radius 1 is 1.15 bits per heavy atom. The van der Waals surface area contributed by atoms with Gasteiger partial charge in [-0.2, -0.15) is 18.3 Å². The molecule has 1 aliphatic heterocycles. The molecule has 8 nitrogen and oxygen atoms in total. The number of nitrogens with zero attached hydrogens (tertiary/aromatic N) is 5. The highest BCUT2D eigenvalue weighted by atomic mass is 19.4. The SMILES string of the molecule is COc1ccc(-c2nc3c(C(=O)N4CCN([C@@H](CO)c5ccccc5F)C[C@H]4C)cnn3c(C(F)(F)F)c2C)cc1. The lowest BCUT2D eigenvalue weighted by Crippen LogP contribution is -2.55. The number of aliphatic hydroxyl groups is 1. The summed E-state index contributed by atoms with van der Waals surface area (Å²) in [5.41, 5.74) is -0.527. The summed E-state index contributed by atoms with van der Waals surface area (Å²) in [6.45, 7) is 3.67. The van der Waals surface area contributed by atoms with Gasteiger partial charge in [0, 0.05) is 42.4 Å². The van der Waals surface area contributed by atoms with Gasteiger partial charge in [0.15, 0.2) is 11.3 Å². The summed E-state index contributed by atoms with van der Waals surface area (Å²) in [5, 5.41) is 14.0. The number of aromatic nitrogens is 3. The third kappa shape index (κ3) is 5.24. The van der Waals surface area contributed by atoms with Crippen LogP contribution in [0.2, 0.25) is 0 Å². The number of halogens is 4. The van der Waals surface area contributed by atoms with Crippen molar-refractivity contribution in [2.75, 3.05) is 33.4 Å². The normalized spacial score (nSPS) is 17.2. The monoisotopic (exact) mass is 571 g/mol. The van der Waals surface area contributed by atoms with Crippen molar-refractivity contribution >= 4 is 11.6 Å². The Kier molecular flexibility index (Phi) is 7.71. The van der Waals surface area contributed by atoms with Gasteiger partial charge >= 0.3 is 6.18 Å². The average Bonchev–Trinajstić information content (AvgIpc) is 3.36. The maximum atomic E-state index is 14.5. The molecule has 0 unspecified atom stereocenters. The van der Waals surface area contributed by atoms with Crippen LogP contribution in [0.4, 0.5) is 17.6 Å². The molecule has 5 rings (SSSR count). The lowest BCUT2D eigenvalue weighted by molar-refractivity contribution is -0.143. The predicted molar refractivity (Wildman–Crippen MR) is 143 cm³/mol. The minimum atomic E-state index is -4.76. The lowest BCUT2D eigenvalue weighted by atomic mass is 10.0. The Morgan fingerprint density at radius 3 is 2.46 bits per heavy atom. The van der Waals surface area contributed by atoms with Crippen LogP contribution in [0, 0.1) is 12.7 Å². The summed E-state index contributed by atoms with van der Waals surface area (Å²) in [6, 6.07) is 11.7. The third-order valence-electron chi connectivity index (χ3n) is 7.54. The molecule has 2 atom stereocenters. The first-order valence-corrected chi connectivity index (χ1v) is 13.0. The quantitative estimate of drug-likeness (QED) is 0.337. The molecule has 1 aliphatic rings. The molecule has 0 saturated carbocycles. The Morgan fingerprint density at radius 2 is 1.85 bits per heavy atom. The first kappa shape index (κ1) is 28.5. The summed E-state index contributed by atoms with van der Waals surface area (Å²) < 4.78 is 63.1. The van der Waals surface area contributed by atoms with Crippen LogP contribution < -0.4 is 4.74 Å². The van der Waals surface area contributed by atoms with Crippen molar-refractivity contribution in [3.8, 4) is 17.0 Å². The fourth-order valence-corrected chi connectivity index (χ4v) is 5.47. The topological polar surface area (TPSA) is 83.2 Å². The van der Waals surface area contributed by atoms with Gasteiger partial charge in [-0.25, -0.2) is 13.9 Å². The van der Waals surface area contributed by atoms with Gasteiger partial charge in [0.2, 0.25) is 0 Å². The minimum absolute atomic E-state index is 0.0571. The van der Waals surface area contributed by atoms with E-state index >= 15 is 0 Å². The zero-order chi connectivity index (χ0) is 29.5. The second-order valence-electron chi connectivity index (χ2n) is 10.0. The van der Waals surface area contributed by atoms with Gasteiger partial charge < -0.3 is 14.7 Å². The molecule has 1 N–H and O–H groups in total. The van der Waals surface area contributed by atoms with E-state index in [-0.39, 0.29) is 41.7 Å². The average molecular weight is 572 g/mol. The van der Waals surface area contributed by atoms with Crippen molar-refractivity contribution in [2.24, 2.45) is 0 Å². The number of hydrogen-bond donors (Lipinski definition) is 1. The van der Waals surface area contributed by atoms with Crippen molar-refractivity contribution in [1.82, 2.24) is 24.4 Å². The number of benzene rings is 2. The molecule has 1 amide bonds. The van der Waals surface area contributed by atoms with Crippen LogP contribution in [-0.4, -0.2) is 74.8 Å². The van der Waals surface area contributed by atoms with Crippen molar-refractivity contribution in [3.05, 3.63) is 82.9 Å². The number of ether oxygens (including phenoxy) is 1. The van der Waals surface area contributed by atoms with E-state index in [1.165, 1.54) is 20.1 Å². The molecule has 1 saturated heterocycles. The van der Waals surface area contributed by atoms with Crippen LogP contribution in [-0.2, 0) is 6.18 Å². The molecule has 3 heterocycles. The van der Waals surface area contributed by atoms with Crippen LogP contribution in [0.5, 0.6) is 5.75 Å². The molecular weight excluding hydrogens is 542 g/mol. The van der Waals surface area contributed by atoms with E-state index in [4.69, 9.17) is 4.74 Å². The van der Waals surface area contributed by atoms with Gasteiger partial charge in [0.05, 0.1) is 31.6 Å². The number of amides is 1. The molecule has 2 aromatic heterocycles. The number of carbonyl (C=O) groups excluding carboxylic acids is 1. The zero-order valence-corrected chi connectivity index (χ0v) is 22.7. The molecule has 0 spiro atoms. The number of carbonyl (C=O) groups is 1. The number of hydrogen-bond acceptors (Lipinski definition) is 6. The maximum absolute atomic E-state index is 14.5. The number of aliphatic hydroxyl groups excluding tert-OH is 1. The van der Waals surface area contributed by atoms with E-state index in [0.717, 1.165) is 6.20 Å². The van der Waals surface area contributed by atoms with Crippen LogP contribution in [0.1, 0.15) is 40.1 Å². The lowest BCUT2D eigenvalue weighted by Gasteiger charge is -2.43. The van der Waals surface area contributed by atoms with Crippen molar-refractivity contribution in [1.29, 1.82) is 0 Å². The van der Waals surface area contributed by atoms with Crippen molar-refractivity contribution in [2.45, 2.75) is 32.1 Å². The molecule has 216 valence electrons. The number of alkyl halides is 3.